The third kappa shape index (κ3) is 17.5. The number of amides is 1. The van der Waals surface area contributed by atoms with Gasteiger partial charge in [-0.05, 0) is 6.42 Å². The van der Waals surface area contributed by atoms with Crippen LogP contribution in [0, 0.1) is 0 Å². The molecule has 0 spiro atoms. The van der Waals surface area contributed by atoms with Crippen LogP contribution < -0.4 is 22.7 Å². The summed E-state index contributed by atoms with van der Waals surface area (Å²) in [6.07, 6.45) is 24.1. The number of carbonyl (C=O) groups is 2. The summed E-state index contributed by atoms with van der Waals surface area (Å²) in [6, 6.07) is 5.08. The first-order valence-electron chi connectivity index (χ1n) is 13.1. The molecule has 0 saturated heterocycles. The molecule has 1 aromatic heterocycles. The van der Waals surface area contributed by atoms with Crippen LogP contribution in [0.5, 0.6) is 0 Å². The largest absolute Gasteiger partial charge is 1.00 e. The fourth-order valence-corrected chi connectivity index (χ4v) is 4.06. The van der Waals surface area contributed by atoms with Crippen LogP contribution in [0.25, 0.3) is 0 Å². The summed E-state index contributed by atoms with van der Waals surface area (Å²) in [5.74, 6) is -0.597. The summed E-state index contributed by atoms with van der Waals surface area (Å²) in [5.41, 5.74) is 5.48. The van der Waals surface area contributed by atoms with Gasteiger partial charge in [0.1, 0.15) is 0 Å². The monoisotopic (exact) mass is 482 g/mol. The Bertz CT molecular complexity index is 598. The summed E-state index contributed by atoms with van der Waals surface area (Å²) in [6.45, 7) is 2.48. The van der Waals surface area contributed by atoms with Crippen molar-refractivity contribution in [3.8, 4) is 0 Å². The van der Waals surface area contributed by atoms with Crippen LogP contribution in [0.4, 0.5) is 0 Å². The molecule has 1 unspecified atom stereocenters. The van der Waals surface area contributed by atoms with E-state index in [1.807, 2.05) is 18.2 Å². The van der Waals surface area contributed by atoms with Crippen molar-refractivity contribution in [3.05, 3.63) is 30.6 Å². The maximum absolute atomic E-state index is 11.9. The van der Waals surface area contributed by atoms with Gasteiger partial charge in [0.05, 0.1) is 13.0 Å². The lowest BCUT2D eigenvalue weighted by molar-refractivity contribution is -0.709. The number of esters is 1. The number of pyridine rings is 1. The molecule has 190 valence electrons. The standard InChI is InChI=1S/C27H46N2O3.ClH/c1-2-3-4-5-6-7-8-9-10-11-12-13-14-15-17-20-26(30)32-24-21-25(27(28)31)29-22-18-16-19-23-29;/h16,18-19,22-23,25H,2-15,17,20-21,24H2,1H3,(H-,28,31);1H. The van der Waals surface area contributed by atoms with Crippen molar-refractivity contribution in [1.29, 1.82) is 0 Å². The number of halogens is 1. The normalized spacial score (nSPS) is 11.5. The molecule has 0 aromatic carbocycles. The molecule has 0 saturated carbocycles. The minimum Gasteiger partial charge on any atom is -1.00 e. The van der Waals surface area contributed by atoms with E-state index in [0.717, 1.165) is 12.8 Å². The second-order valence-corrected chi connectivity index (χ2v) is 8.95. The molecule has 1 aromatic rings. The molecule has 1 atom stereocenters. The lowest BCUT2D eigenvalue weighted by atomic mass is 10.0. The molecule has 0 radical (unpaired) electrons. The van der Waals surface area contributed by atoms with Crippen LogP contribution >= 0.6 is 0 Å². The highest BCUT2D eigenvalue weighted by Crippen LogP contribution is 2.14. The molecule has 0 bridgehead atoms. The number of carbonyl (C=O) groups excluding carboxylic acids is 2. The molecule has 1 rings (SSSR count). The maximum atomic E-state index is 11.9. The van der Waals surface area contributed by atoms with Crippen LogP contribution in [0.1, 0.15) is 122 Å². The van der Waals surface area contributed by atoms with Gasteiger partial charge in [-0.25, -0.2) is 0 Å². The fraction of sp³-hybridized carbons (Fsp3) is 0.741. The van der Waals surface area contributed by atoms with E-state index in [1.54, 1.807) is 17.0 Å². The summed E-state index contributed by atoms with van der Waals surface area (Å²) < 4.78 is 7.06. The third-order valence-electron chi connectivity index (χ3n) is 6.07. The molecular weight excluding hydrogens is 436 g/mol. The molecule has 1 amide bonds. The van der Waals surface area contributed by atoms with Crippen LogP contribution in [-0.4, -0.2) is 18.5 Å². The van der Waals surface area contributed by atoms with Gasteiger partial charge in [-0.3, -0.25) is 9.59 Å². The molecule has 0 fully saturated rings. The van der Waals surface area contributed by atoms with Crippen molar-refractivity contribution in [3.63, 3.8) is 0 Å². The van der Waals surface area contributed by atoms with Gasteiger partial charge in [-0.1, -0.05) is 103 Å². The van der Waals surface area contributed by atoms with E-state index in [4.69, 9.17) is 10.5 Å². The zero-order chi connectivity index (χ0) is 23.3. The summed E-state index contributed by atoms with van der Waals surface area (Å²) in [7, 11) is 0. The highest BCUT2D eigenvalue weighted by molar-refractivity contribution is 5.76. The second-order valence-electron chi connectivity index (χ2n) is 8.95. The first-order valence-corrected chi connectivity index (χ1v) is 13.1. The van der Waals surface area contributed by atoms with E-state index in [2.05, 4.69) is 6.92 Å². The number of nitrogens with zero attached hydrogens (tertiary/aromatic N) is 1. The number of aromatic nitrogens is 1. The van der Waals surface area contributed by atoms with E-state index >= 15 is 0 Å². The van der Waals surface area contributed by atoms with Crippen molar-refractivity contribution < 1.29 is 31.3 Å². The highest BCUT2D eigenvalue weighted by Gasteiger charge is 2.24. The number of nitrogens with two attached hydrogens (primary N) is 1. The summed E-state index contributed by atoms with van der Waals surface area (Å²) in [5, 5.41) is 0. The van der Waals surface area contributed by atoms with Gasteiger partial charge >= 0.3 is 5.97 Å². The average molecular weight is 483 g/mol. The minimum atomic E-state index is -0.491. The Hall–Kier alpha value is -1.62. The Morgan fingerprint density at radius 2 is 1.21 bits per heavy atom. The topological polar surface area (TPSA) is 73.3 Å². The van der Waals surface area contributed by atoms with Gasteiger partial charge in [0.25, 0.3) is 5.91 Å². The Morgan fingerprint density at radius 3 is 1.67 bits per heavy atom. The van der Waals surface area contributed by atoms with E-state index in [1.165, 1.54) is 83.5 Å². The molecule has 1 heterocycles. The average Bonchev–Trinajstić information content (AvgIpc) is 2.79. The van der Waals surface area contributed by atoms with E-state index in [0.29, 0.717) is 12.8 Å². The lowest BCUT2D eigenvalue weighted by Crippen LogP contribution is -3.00. The quantitative estimate of drug-likeness (QED) is 0.166. The minimum absolute atomic E-state index is 0. The Morgan fingerprint density at radius 1 is 0.758 bits per heavy atom. The third-order valence-corrected chi connectivity index (χ3v) is 6.07. The number of rotatable bonds is 21. The van der Waals surface area contributed by atoms with Crippen LogP contribution in [0.2, 0.25) is 0 Å². The second kappa shape index (κ2) is 22.2. The van der Waals surface area contributed by atoms with Gasteiger partial charge < -0.3 is 22.9 Å². The zero-order valence-corrected chi connectivity index (χ0v) is 21.6. The molecule has 0 aliphatic rings. The number of hydrogen-bond donors (Lipinski definition) is 1. The van der Waals surface area contributed by atoms with Gasteiger partial charge in [0.15, 0.2) is 12.4 Å². The van der Waals surface area contributed by atoms with E-state index in [9.17, 15) is 9.59 Å². The van der Waals surface area contributed by atoms with Gasteiger partial charge in [-0.2, -0.15) is 4.57 Å². The van der Waals surface area contributed by atoms with Crippen LogP contribution in [-0.2, 0) is 14.3 Å². The molecule has 0 aliphatic carbocycles. The summed E-state index contributed by atoms with van der Waals surface area (Å²) in [4.78, 5) is 23.6. The van der Waals surface area contributed by atoms with Crippen LogP contribution in [0.3, 0.4) is 0 Å². The smallest absolute Gasteiger partial charge is 0.305 e. The van der Waals surface area contributed by atoms with Gasteiger partial charge in [0, 0.05) is 18.6 Å². The van der Waals surface area contributed by atoms with E-state index < -0.39 is 11.9 Å². The Kier molecular flexibility index (Phi) is 21.1. The predicted octanol–water partition coefficient (Wildman–Crippen LogP) is 3.20. The first kappa shape index (κ1) is 31.4. The number of hydrogen-bond acceptors (Lipinski definition) is 3. The first-order chi connectivity index (χ1) is 15.6. The molecule has 2 N–H and O–H groups in total. The number of ether oxygens (including phenoxy) is 1. The zero-order valence-electron chi connectivity index (χ0n) is 20.8. The number of primary amides is 1. The number of unbranched alkanes of at least 4 members (excludes halogenated alkanes) is 14. The van der Waals surface area contributed by atoms with Gasteiger partial charge in [0.2, 0.25) is 6.04 Å². The molecular formula is C27H47ClN2O3. The molecule has 0 aliphatic heterocycles. The van der Waals surface area contributed by atoms with Crippen molar-refractivity contribution in [2.75, 3.05) is 6.61 Å². The molecule has 5 nitrogen and oxygen atoms in total. The Labute approximate surface area is 208 Å². The molecule has 33 heavy (non-hydrogen) atoms. The SMILES string of the molecule is CCCCCCCCCCCCCCCCCC(=O)OCCC(C(N)=O)[n+]1ccccc1.[Cl-]. The van der Waals surface area contributed by atoms with Crippen molar-refractivity contribution in [2.45, 2.75) is 122 Å². The van der Waals surface area contributed by atoms with Crippen LogP contribution in [0.15, 0.2) is 30.6 Å². The predicted molar refractivity (Wildman–Crippen MR) is 130 cm³/mol. The lowest BCUT2D eigenvalue weighted by Gasteiger charge is -2.09. The van der Waals surface area contributed by atoms with E-state index in [-0.39, 0.29) is 25.0 Å². The molecule has 6 heteroatoms. The highest BCUT2D eigenvalue weighted by atomic mass is 35.5. The van der Waals surface area contributed by atoms with Gasteiger partial charge in [-0.15, -0.1) is 0 Å². The fourth-order valence-electron chi connectivity index (χ4n) is 4.06. The van der Waals surface area contributed by atoms with Crippen molar-refractivity contribution in [2.24, 2.45) is 5.73 Å². The van der Waals surface area contributed by atoms with Crippen molar-refractivity contribution in [1.82, 2.24) is 0 Å². The Balaban J connectivity index is 0.0000102. The maximum Gasteiger partial charge on any atom is 0.305 e. The van der Waals surface area contributed by atoms with Crippen molar-refractivity contribution >= 4 is 11.9 Å². The summed E-state index contributed by atoms with van der Waals surface area (Å²) >= 11 is 0.